The van der Waals surface area contributed by atoms with Gasteiger partial charge < -0.3 is 14.2 Å². The van der Waals surface area contributed by atoms with Crippen molar-refractivity contribution in [1.29, 1.82) is 0 Å². The lowest BCUT2D eigenvalue weighted by Gasteiger charge is -2.40. The maximum absolute atomic E-state index is 13.1. The van der Waals surface area contributed by atoms with Crippen LogP contribution in [0.15, 0.2) is 51.9 Å². The van der Waals surface area contributed by atoms with E-state index in [1.165, 1.54) is 5.56 Å². The van der Waals surface area contributed by atoms with Crippen molar-refractivity contribution in [2.75, 3.05) is 36.1 Å². The van der Waals surface area contributed by atoms with Gasteiger partial charge in [-0.25, -0.2) is 4.21 Å². The minimum Gasteiger partial charge on any atom is -0.495 e. The summed E-state index contributed by atoms with van der Waals surface area (Å²) < 4.78 is 39.1. The summed E-state index contributed by atoms with van der Waals surface area (Å²) in [7, 11) is -0.760. The molecule has 7 nitrogen and oxygen atoms in total. The summed E-state index contributed by atoms with van der Waals surface area (Å²) in [6, 6.07) is 13.8. The standard InChI is InChI=1S/C24H25N3O4S2/c1-30-20-5-3-4-6-21(20)33(29)26-23-18-12-24(9-10-24)19-8-7-15(11-17(19)22(18)31-25-23)27-13-16(14-27)32(2)28/h3-8,11,16H,9-10,12-14H2,1-2H3,(H,25,26). The first-order valence-electron chi connectivity index (χ1n) is 11.0. The molecular formula is C24H25N3O4S2. The van der Waals surface area contributed by atoms with E-state index in [0.717, 1.165) is 54.9 Å². The zero-order chi connectivity index (χ0) is 22.7. The van der Waals surface area contributed by atoms with Gasteiger partial charge in [-0.3, -0.25) is 8.93 Å². The van der Waals surface area contributed by atoms with E-state index in [-0.39, 0.29) is 10.7 Å². The Kier molecular flexibility index (Phi) is 4.88. The smallest absolute Gasteiger partial charge is 0.185 e. The molecule has 2 fully saturated rings. The van der Waals surface area contributed by atoms with E-state index < -0.39 is 21.8 Å². The van der Waals surface area contributed by atoms with Gasteiger partial charge in [0.25, 0.3) is 0 Å². The van der Waals surface area contributed by atoms with Gasteiger partial charge in [0.1, 0.15) is 10.6 Å². The minimum atomic E-state index is -1.53. The number of rotatable bonds is 6. The molecule has 1 aliphatic heterocycles. The zero-order valence-electron chi connectivity index (χ0n) is 18.5. The number of aromatic nitrogens is 1. The number of anilines is 2. The molecule has 2 aliphatic carbocycles. The highest BCUT2D eigenvalue weighted by Crippen LogP contribution is 2.58. The van der Waals surface area contributed by atoms with Crippen LogP contribution in [0.2, 0.25) is 0 Å². The maximum atomic E-state index is 13.1. The number of fused-ring (bicyclic) bond motifs is 4. The van der Waals surface area contributed by atoms with Crippen LogP contribution in [-0.4, -0.2) is 45.3 Å². The lowest BCUT2D eigenvalue weighted by atomic mass is 9.79. The second-order valence-corrected chi connectivity index (χ2v) is 11.9. The Morgan fingerprint density at radius 3 is 2.70 bits per heavy atom. The van der Waals surface area contributed by atoms with Gasteiger partial charge in [0.05, 0.1) is 12.4 Å². The van der Waals surface area contributed by atoms with Crippen LogP contribution in [0.4, 0.5) is 11.5 Å². The van der Waals surface area contributed by atoms with Crippen molar-refractivity contribution in [2.24, 2.45) is 0 Å². The van der Waals surface area contributed by atoms with Crippen LogP contribution in [-0.2, 0) is 33.6 Å². The first kappa shape index (κ1) is 20.9. The Balaban J connectivity index is 1.33. The molecule has 1 aromatic heterocycles. The molecule has 3 aliphatic rings. The molecule has 2 atom stereocenters. The average molecular weight is 484 g/mol. The van der Waals surface area contributed by atoms with Crippen molar-refractivity contribution in [3.05, 3.63) is 53.6 Å². The topological polar surface area (TPSA) is 84.7 Å². The molecule has 3 aromatic rings. The van der Waals surface area contributed by atoms with E-state index in [1.54, 1.807) is 25.5 Å². The summed E-state index contributed by atoms with van der Waals surface area (Å²) in [5.41, 5.74) is 4.58. The summed E-state index contributed by atoms with van der Waals surface area (Å²) in [6.07, 6.45) is 4.85. The first-order valence-corrected chi connectivity index (χ1v) is 13.8. The summed E-state index contributed by atoms with van der Waals surface area (Å²) in [6.45, 7) is 1.61. The fraction of sp³-hybridized carbons (Fsp3) is 0.375. The normalized spacial score (nSPS) is 19.9. The molecule has 1 N–H and O–H groups in total. The van der Waals surface area contributed by atoms with Crippen molar-refractivity contribution >= 4 is 33.3 Å². The lowest BCUT2D eigenvalue weighted by Crippen LogP contribution is -2.52. The van der Waals surface area contributed by atoms with Gasteiger partial charge >= 0.3 is 0 Å². The number of hydrogen-bond acceptors (Lipinski definition) is 6. The molecule has 0 bridgehead atoms. The van der Waals surface area contributed by atoms with Crippen LogP contribution in [0.25, 0.3) is 11.3 Å². The molecule has 33 heavy (non-hydrogen) atoms. The monoisotopic (exact) mass is 483 g/mol. The SMILES string of the molecule is COc1ccccc1S(=O)Nc1noc2c1CC1(CC1)c1ccc(N3CC(S(C)=O)C3)cc1-2. The molecule has 1 spiro atoms. The van der Waals surface area contributed by atoms with Crippen molar-refractivity contribution in [3.8, 4) is 17.1 Å². The van der Waals surface area contributed by atoms with E-state index in [1.807, 2.05) is 12.1 Å². The molecule has 1 saturated carbocycles. The van der Waals surface area contributed by atoms with Crippen LogP contribution >= 0.6 is 0 Å². The molecule has 6 rings (SSSR count). The van der Waals surface area contributed by atoms with E-state index in [9.17, 15) is 8.42 Å². The first-order chi connectivity index (χ1) is 16.0. The Morgan fingerprint density at radius 1 is 1.18 bits per heavy atom. The highest BCUT2D eigenvalue weighted by Gasteiger charge is 2.50. The molecule has 2 heterocycles. The van der Waals surface area contributed by atoms with E-state index in [0.29, 0.717) is 16.5 Å². The van der Waals surface area contributed by atoms with Crippen LogP contribution in [0.3, 0.4) is 0 Å². The average Bonchev–Trinajstić information content (AvgIpc) is 3.44. The fourth-order valence-corrected chi connectivity index (χ4v) is 6.71. The summed E-state index contributed by atoms with van der Waals surface area (Å²) >= 11 is 0. The minimum absolute atomic E-state index is 0.108. The Morgan fingerprint density at radius 2 is 1.97 bits per heavy atom. The third-order valence-corrected chi connectivity index (χ3v) is 9.47. The summed E-state index contributed by atoms with van der Waals surface area (Å²) in [4.78, 5) is 2.82. The second-order valence-electron chi connectivity index (χ2n) is 9.07. The summed E-state index contributed by atoms with van der Waals surface area (Å²) in [5, 5.41) is 4.51. The van der Waals surface area contributed by atoms with Crippen molar-refractivity contribution in [3.63, 3.8) is 0 Å². The highest BCUT2D eigenvalue weighted by atomic mass is 32.2. The maximum Gasteiger partial charge on any atom is 0.185 e. The zero-order valence-corrected chi connectivity index (χ0v) is 20.1. The molecule has 0 radical (unpaired) electrons. The number of para-hydroxylation sites is 1. The number of methoxy groups -OCH3 is 1. The number of nitrogens with one attached hydrogen (secondary N) is 1. The number of nitrogens with zero attached hydrogens (tertiary/aromatic N) is 2. The number of ether oxygens (including phenoxy) is 1. The van der Waals surface area contributed by atoms with Gasteiger partial charge in [0.15, 0.2) is 22.6 Å². The third kappa shape index (κ3) is 3.40. The second kappa shape index (κ2) is 7.70. The number of benzene rings is 2. The van der Waals surface area contributed by atoms with Crippen LogP contribution < -0.4 is 14.4 Å². The molecular weight excluding hydrogens is 458 g/mol. The number of hydrogen-bond donors (Lipinski definition) is 1. The third-order valence-electron chi connectivity index (χ3n) is 7.12. The predicted octanol–water partition coefficient (Wildman–Crippen LogP) is 3.64. The van der Waals surface area contributed by atoms with E-state index in [2.05, 4.69) is 33.0 Å². The molecule has 9 heteroatoms. The summed E-state index contributed by atoms with van der Waals surface area (Å²) in [5.74, 6) is 1.84. The van der Waals surface area contributed by atoms with Crippen LogP contribution in [0, 0.1) is 0 Å². The van der Waals surface area contributed by atoms with Gasteiger partial charge in [-0.15, -0.1) is 0 Å². The lowest BCUT2D eigenvalue weighted by molar-refractivity contribution is 0.404. The van der Waals surface area contributed by atoms with Gasteiger partial charge in [-0.05, 0) is 49.1 Å². The highest BCUT2D eigenvalue weighted by molar-refractivity contribution is 7.86. The van der Waals surface area contributed by atoms with Crippen LogP contribution in [0.1, 0.15) is 24.0 Å². The molecule has 1 saturated heterocycles. The molecule has 2 aromatic carbocycles. The van der Waals surface area contributed by atoms with Crippen molar-refractivity contribution in [2.45, 2.75) is 34.8 Å². The van der Waals surface area contributed by atoms with Gasteiger partial charge in [0, 0.05) is 52.4 Å². The molecule has 172 valence electrons. The fourth-order valence-electron chi connectivity index (χ4n) is 4.95. The van der Waals surface area contributed by atoms with E-state index in [4.69, 9.17) is 9.26 Å². The Bertz CT molecular complexity index is 1290. The van der Waals surface area contributed by atoms with E-state index >= 15 is 0 Å². The van der Waals surface area contributed by atoms with Gasteiger partial charge in [-0.2, -0.15) is 0 Å². The Labute approximate surface area is 197 Å². The predicted molar refractivity (Wildman–Crippen MR) is 130 cm³/mol. The quantitative estimate of drug-likeness (QED) is 0.576. The largest absolute Gasteiger partial charge is 0.495 e. The van der Waals surface area contributed by atoms with Crippen LogP contribution in [0.5, 0.6) is 5.75 Å². The van der Waals surface area contributed by atoms with Crippen molar-refractivity contribution in [1.82, 2.24) is 5.16 Å². The molecule has 2 unspecified atom stereocenters. The van der Waals surface area contributed by atoms with Gasteiger partial charge in [-0.1, -0.05) is 23.4 Å². The van der Waals surface area contributed by atoms with Crippen molar-refractivity contribution < 1.29 is 17.7 Å². The van der Waals surface area contributed by atoms with Gasteiger partial charge in [0.2, 0.25) is 0 Å². The Hall–Kier alpha value is -2.65. The molecule has 0 amide bonds.